The van der Waals surface area contributed by atoms with Crippen molar-refractivity contribution in [2.45, 2.75) is 117 Å². The summed E-state index contributed by atoms with van der Waals surface area (Å²) < 4.78 is 35.0. The lowest BCUT2D eigenvalue weighted by Crippen LogP contribution is -2.55. The number of aliphatic carboxylic acids is 2. The summed E-state index contributed by atoms with van der Waals surface area (Å²) in [5.41, 5.74) is -0.343. The molecule has 1 aliphatic heterocycles. The molecule has 5 fully saturated rings. The van der Waals surface area contributed by atoms with Crippen molar-refractivity contribution in [2.75, 3.05) is 40.6 Å². The molecule has 14 heteroatoms. The third-order valence-electron chi connectivity index (χ3n) is 15.3. The quantitative estimate of drug-likeness (QED) is 0.181. The minimum atomic E-state index is -1.56. The van der Waals surface area contributed by atoms with E-state index in [1.807, 2.05) is 13.8 Å². The van der Waals surface area contributed by atoms with Crippen molar-refractivity contribution in [3.05, 3.63) is 24.3 Å². The van der Waals surface area contributed by atoms with E-state index in [4.69, 9.17) is 28.4 Å². The number of rotatable bonds is 6. The maximum absolute atomic E-state index is 14.1. The first kappa shape index (κ1) is 45.3. The third-order valence-corrected chi connectivity index (χ3v) is 15.3. The van der Waals surface area contributed by atoms with Crippen LogP contribution in [0.15, 0.2) is 24.3 Å². The van der Waals surface area contributed by atoms with Crippen LogP contribution in [0.1, 0.15) is 105 Å². The number of ether oxygens (including phenoxy) is 6. The molecule has 0 aromatic rings. The molecule has 5 rings (SSSR count). The zero-order valence-corrected chi connectivity index (χ0v) is 35.1. The average Bonchev–Trinajstić information content (AvgIpc) is 3.15. The Labute approximate surface area is 341 Å². The topological polar surface area (TPSA) is 198 Å². The Kier molecular flexibility index (Phi) is 13.9. The number of hydrogen-bond acceptors (Lipinski definition) is 12. The van der Waals surface area contributed by atoms with Crippen LogP contribution in [-0.4, -0.2) is 98.9 Å². The molecule has 0 radical (unpaired) electrons. The van der Waals surface area contributed by atoms with Gasteiger partial charge in [0.15, 0.2) is 12.2 Å². The van der Waals surface area contributed by atoms with E-state index in [1.54, 1.807) is 0 Å². The summed E-state index contributed by atoms with van der Waals surface area (Å²) in [7, 11) is 2.33. The highest BCUT2D eigenvalue weighted by atomic mass is 16.6. The molecule has 0 aromatic heterocycles. The Morgan fingerprint density at radius 1 is 0.655 bits per heavy atom. The molecule has 14 nitrogen and oxygen atoms in total. The van der Waals surface area contributed by atoms with Gasteiger partial charge >= 0.3 is 35.8 Å². The van der Waals surface area contributed by atoms with E-state index in [1.165, 1.54) is 0 Å². The number of methoxy groups -OCH3 is 2. The van der Waals surface area contributed by atoms with Crippen LogP contribution in [-0.2, 0) is 57.2 Å². The van der Waals surface area contributed by atoms with Gasteiger partial charge in [0.2, 0.25) is 0 Å². The molecule has 1 saturated heterocycles. The molecule has 4 saturated carbocycles. The molecule has 0 unspecified atom stereocenters. The molecule has 5 aliphatic rings. The predicted octanol–water partition coefficient (Wildman–Crippen LogP) is 5.94. The summed E-state index contributed by atoms with van der Waals surface area (Å²) in [6.45, 7) is 16.9. The monoisotopic (exact) mass is 816 g/mol. The van der Waals surface area contributed by atoms with E-state index in [9.17, 15) is 39.0 Å². The lowest BCUT2D eigenvalue weighted by atomic mass is 9.47. The van der Waals surface area contributed by atoms with Crippen LogP contribution in [0.2, 0.25) is 0 Å². The van der Waals surface area contributed by atoms with Gasteiger partial charge in [0.05, 0.1) is 53.5 Å². The zero-order chi connectivity index (χ0) is 42.8. The Morgan fingerprint density at radius 3 is 1.34 bits per heavy atom. The number of carboxylic acids is 2. The fraction of sp³-hybridized carbons (Fsp3) is 0.773. The molecular formula is C44H64O14. The molecule has 8 bridgehead atoms. The van der Waals surface area contributed by atoms with E-state index in [0.717, 1.165) is 51.0 Å². The van der Waals surface area contributed by atoms with Gasteiger partial charge in [0.1, 0.15) is 11.8 Å². The molecule has 58 heavy (non-hydrogen) atoms. The first-order chi connectivity index (χ1) is 27.2. The van der Waals surface area contributed by atoms with Crippen molar-refractivity contribution in [2.24, 2.45) is 57.2 Å². The van der Waals surface area contributed by atoms with Gasteiger partial charge in [-0.2, -0.15) is 0 Å². The first-order valence-corrected chi connectivity index (χ1v) is 20.8. The van der Waals surface area contributed by atoms with Gasteiger partial charge < -0.3 is 38.6 Å². The second-order valence-corrected chi connectivity index (χ2v) is 18.8. The first-order valence-electron chi connectivity index (χ1n) is 20.8. The number of carbonyl (C=O) groups is 6. The standard InChI is InChI=1S/C44H64O14/c1-25-11-13-31-41(3)15-9-17-43(31,5)29(25)21-55-35(39(51)53-7)27(19-33(45)46)37(49)58-24-42(4)16-10-18-44(6)30(26(2)12-14-32(42)44)22-56-36(40(52)54-8)28(20-34(47)48)38(50)57-23-41/h27-32,35-36H,1-2,9-24H2,3-8H3,(H,45,46)(H,47,48)/t27-,28+,29-,30-,31-,32-,35+,36+,41-,42-,43+,44+/m1/s1. The van der Waals surface area contributed by atoms with Crippen LogP contribution in [0, 0.1) is 57.2 Å². The number of carbonyl (C=O) groups excluding carboxylic acids is 4. The molecule has 2 N–H and O–H groups in total. The molecule has 1 heterocycles. The summed E-state index contributed by atoms with van der Waals surface area (Å²) in [6, 6.07) is 0. The van der Waals surface area contributed by atoms with Gasteiger partial charge in [-0.05, 0) is 74.0 Å². The summed E-state index contributed by atoms with van der Waals surface area (Å²) in [5.74, 6) is -9.80. The van der Waals surface area contributed by atoms with Gasteiger partial charge in [0, 0.05) is 22.7 Å². The van der Waals surface area contributed by atoms with Gasteiger partial charge in [-0.1, -0.05) is 64.8 Å². The summed E-state index contributed by atoms with van der Waals surface area (Å²) in [5, 5.41) is 20.0. The van der Waals surface area contributed by atoms with Crippen LogP contribution in [0.5, 0.6) is 0 Å². The zero-order valence-electron chi connectivity index (χ0n) is 35.1. The lowest BCUT2D eigenvalue weighted by molar-refractivity contribution is -0.185. The predicted molar refractivity (Wildman–Crippen MR) is 208 cm³/mol. The van der Waals surface area contributed by atoms with Gasteiger partial charge in [-0.25, -0.2) is 9.59 Å². The molecule has 4 aliphatic carbocycles. The third kappa shape index (κ3) is 8.88. The maximum Gasteiger partial charge on any atom is 0.335 e. The minimum Gasteiger partial charge on any atom is -0.481 e. The molecule has 0 amide bonds. The van der Waals surface area contributed by atoms with Gasteiger partial charge in [-0.15, -0.1) is 0 Å². The van der Waals surface area contributed by atoms with Crippen LogP contribution < -0.4 is 0 Å². The van der Waals surface area contributed by atoms with Gasteiger partial charge in [-0.3, -0.25) is 19.2 Å². The molecule has 12 atom stereocenters. The highest BCUT2D eigenvalue weighted by molar-refractivity contribution is 5.88. The fourth-order valence-corrected chi connectivity index (χ4v) is 12.1. The average molecular weight is 817 g/mol. The van der Waals surface area contributed by atoms with E-state index in [0.29, 0.717) is 38.5 Å². The second-order valence-electron chi connectivity index (χ2n) is 18.8. The Bertz CT molecular complexity index is 1520. The van der Waals surface area contributed by atoms with Crippen molar-refractivity contribution < 1.29 is 67.4 Å². The van der Waals surface area contributed by atoms with Gasteiger partial charge in [0.25, 0.3) is 0 Å². The minimum absolute atomic E-state index is 0.0485. The Morgan fingerprint density at radius 2 is 1.02 bits per heavy atom. The summed E-state index contributed by atoms with van der Waals surface area (Å²) in [4.78, 5) is 79.5. The largest absolute Gasteiger partial charge is 0.481 e. The smallest absolute Gasteiger partial charge is 0.335 e. The molecule has 0 aromatic carbocycles. The highest BCUT2D eigenvalue weighted by Crippen LogP contribution is 2.62. The SMILES string of the molecule is C=C1CC[C@@H]2[C@]3(C)CCC[C@@]2(C)[C@@H]1CO[C@H](C(=O)OC)[C@@H](CC(=O)O)C(=O)OC[C@@]1(C)CCC[C@@]2(C)[C@H](CO[C@H](C(=O)OC)[C@H](CC(=O)O)C(=O)OC3)C(=C)CC[C@H]12. The summed E-state index contributed by atoms with van der Waals surface area (Å²) >= 11 is 0. The number of carboxylic acid groups (broad SMARTS) is 2. The fourth-order valence-electron chi connectivity index (χ4n) is 12.1. The molecular weight excluding hydrogens is 752 g/mol. The van der Waals surface area contributed by atoms with Crippen molar-refractivity contribution >= 4 is 35.8 Å². The van der Waals surface area contributed by atoms with Crippen LogP contribution in [0.4, 0.5) is 0 Å². The lowest BCUT2D eigenvalue weighted by Gasteiger charge is -2.58. The Hall–Kier alpha value is -3.78. The van der Waals surface area contributed by atoms with Crippen LogP contribution in [0.25, 0.3) is 0 Å². The van der Waals surface area contributed by atoms with E-state index >= 15 is 0 Å². The van der Waals surface area contributed by atoms with Crippen molar-refractivity contribution in [3.8, 4) is 0 Å². The number of hydrogen-bond donors (Lipinski definition) is 2. The van der Waals surface area contributed by atoms with Crippen molar-refractivity contribution in [1.82, 2.24) is 0 Å². The normalized spacial score (nSPS) is 40.4. The highest BCUT2D eigenvalue weighted by Gasteiger charge is 2.58. The molecule has 324 valence electrons. The summed E-state index contributed by atoms with van der Waals surface area (Å²) in [6.07, 6.45) is 2.48. The second kappa shape index (κ2) is 17.8. The maximum atomic E-state index is 14.1. The van der Waals surface area contributed by atoms with Crippen molar-refractivity contribution in [3.63, 3.8) is 0 Å². The van der Waals surface area contributed by atoms with E-state index in [-0.39, 0.29) is 50.1 Å². The van der Waals surface area contributed by atoms with E-state index in [2.05, 4.69) is 27.0 Å². The van der Waals surface area contributed by atoms with Crippen molar-refractivity contribution in [1.29, 1.82) is 0 Å². The number of cyclic esters (lactones) is 2. The van der Waals surface area contributed by atoms with Crippen LogP contribution in [0.3, 0.4) is 0 Å². The molecule has 0 spiro atoms. The van der Waals surface area contributed by atoms with E-state index < -0.39 is 94.4 Å². The van der Waals surface area contributed by atoms with Crippen LogP contribution >= 0.6 is 0 Å². The Balaban J connectivity index is 1.59. The number of esters is 4.